The lowest BCUT2D eigenvalue weighted by molar-refractivity contribution is 0.0499. The third-order valence-corrected chi connectivity index (χ3v) is 4.67. The molecule has 1 aromatic heterocycles. The maximum atomic E-state index is 13.9. The van der Waals surface area contributed by atoms with E-state index in [1.54, 1.807) is 48.5 Å². The Morgan fingerprint density at radius 3 is 2.48 bits per heavy atom. The first kappa shape index (κ1) is 22.0. The molecule has 6 nitrogen and oxygen atoms in total. The Morgan fingerprint density at radius 1 is 1.03 bits per heavy atom. The fourth-order valence-corrected chi connectivity index (χ4v) is 2.92. The molecule has 0 atom stereocenters. The highest BCUT2D eigenvalue weighted by molar-refractivity contribution is 6.04. The van der Waals surface area contributed by atoms with E-state index in [0.29, 0.717) is 23.4 Å². The van der Waals surface area contributed by atoms with Gasteiger partial charge in [0, 0.05) is 17.4 Å². The van der Waals surface area contributed by atoms with Crippen LogP contribution in [0.3, 0.4) is 0 Å². The molecular weight excluding hydrogens is 399 g/mol. The first-order valence-electron chi connectivity index (χ1n) is 10.0. The van der Waals surface area contributed by atoms with Gasteiger partial charge in [0.2, 0.25) is 0 Å². The molecule has 3 aromatic rings. The zero-order chi connectivity index (χ0) is 22.2. The van der Waals surface area contributed by atoms with Crippen molar-refractivity contribution in [2.45, 2.75) is 26.3 Å². The summed E-state index contributed by atoms with van der Waals surface area (Å²) < 4.78 is 20.3. The second-order valence-corrected chi connectivity index (χ2v) is 6.97. The van der Waals surface area contributed by atoms with Gasteiger partial charge in [-0.1, -0.05) is 31.5 Å². The second-order valence-electron chi connectivity index (χ2n) is 6.97. The summed E-state index contributed by atoms with van der Waals surface area (Å²) in [6, 6.07) is 15.4. The summed E-state index contributed by atoms with van der Waals surface area (Å²) in [5, 5.41) is 2.64. The van der Waals surface area contributed by atoms with E-state index in [4.69, 9.17) is 4.74 Å². The molecule has 0 spiro atoms. The number of benzene rings is 2. The average Bonchev–Trinajstić information content (AvgIpc) is 2.77. The van der Waals surface area contributed by atoms with Crippen molar-refractivity contribution in [3.05, 3.63) is 99.7 Å². The molecule has 1 heterocycles. The van der Waals surface area contributed by atoms with Crippen LogP contribution < -0.4 is 10.9 Å². The first-order valence-corrected chi connectivity index (χ1v) is 10.0. The van der Waals surface area contributed by atoms with E-state index in [1.165, 1.54) is 22.9 Å². The normalized spacial score (nSPS) is 10.5. The Bertz CT molecular complexity index is 1120. The van der Waals surface area contributed by atoms with E-state index in [0.717, 1.165) is 12.8 Å². The van der Waals surface area contributed by atoms with Gasteiger partial charge in [-0.05, 0) is 48.9 Å². The van der Waals surface area contributed by atoms with Gasteiger partial charge >= 0.3 is 5.97 Å². The largest absolute Gasteiger partial charge is 0.462 e. The molecule has 2 aromatic carbocycles. The highest BCUT2D eigenvalue weighted by Gasteiger charge is 2.14. The van der Waals surface area contributed by atoms with Gasteiger partial charge in [0.15, 0.2) is 0 Å². The number of unbranched alkanes of at least 4 members (excludes halogenated alkanes) is 1. The topological polar surface area (TPSA) is 77.4 Å². The van der Waals surface area contributed by atoms with Crippen LogP contribution in [0.5, 0.6) is 0 Å². The fraction of sp³-hybridized carbons (Fsp3) is 0.208. The van der Waals surface area contributed by atoms with Gasteiger partial charge < -0.3 is 14.6 Å². The van der Waals surface area contributed by atoms with Gasteiger partial charge in [0.1, 0.15) is 11.4 Å². The number of hydrogen-bond acceptors (Lipinski definition) is 4. The lowest BCUT2D eigenvalue weighted by Gasteiger charge is -2.10. The minimum Gasteiger partial charge on any atom is -0.462 e. The number of nitrogens with zero attached hydrogens (tertiary/aromatic N) is 1. The first-order chi connectivity index (χ1) is 15.0. The minimum absolute atomic E-state index is 0.0153. The van der Waals surface area contributed by atoms with Crippen molar-refractivity contribution in [2.24, 2.45) is 0 Å². The summed E-state index contributed by atoms with van der Waals surface area (Å²) in [5.74, 6) is -1.44. The fourth-order valence-electron chi connectivity index (χ4n) is 2.92. The van der Waals surface area contributed by atoms with Crippen molar-refractivity contribution in [1.29, 1.82) is 0 Å². The number of anilines is 1. The smallest absolute Gasteiger partial charge is 0.338 e. The van der Waals surface area contributed by atoms with Crippen molar-refractivity contribution in [3.63, 3.8) is 0 Å². The van der Waals surface area contributed by atoms with Gasteiger partial charge in [-0.15, -0.1) is 0 Å². The van der Waals surface area contributed by atoms with Crippen molar-refractivity contribution in [2.75, 3.05) is 11.9 Å². The summed E-state index contributed by atoms with van der Waals surface area (Å²) in [4.78, 5) is 37.3. The van der Waals surface area contributed by atoms with Crippen molar-refractivity contribution in [1.82, 2.24) is 4.57 Å². The molecule has 0 bridgehead atoms. The molecular formula is C24H23FN2O4. The molecule has 1 amide bonds. The van der Waals surface area contributed by atoms with Gasteiger partial charge in [-0.3, -0.25) is 9.59 Å². The lowest BCUT2D eigenvalue weighted by atomic mass is 10.2. The summed E-state index contributed by atoms with van der Waals surface area (Å²) in [6.45, 7) is 2.38. The van der Waals surface area contributed by atoms with Crippen LogP contribution in [0.4, 0.5) is 10.1 Å². The van der Waals surface area contributed by atoms with Crippen LogP contribution in [0.15, 0.2) is 71.7 Å². The molecule has 0 saturated carbocycles. The highest BCUT2D eigenvalue weighted by Crippen LogP contribution is 2.12. The van der Waals surface area contributed by atoms with Gasteiger partial charge in [-0.2, -0.15) is 0 Å². The second kappa shape index (κ2) is 10.3. The summed E-state index contributed by atoms with van der Waals surface area (Å²) in [6.07, 6.45) is 3.23. The molecule has 31 heavy (non-hydrogen) atoms. The predicted octanol–water partition coefficient (Wildman–Crippen LogP) is 4.24. The minimum atomic E-state index is -0.592. The van der Waals surface area contributed by atoms with Gasteiger partial charge in [0.05, 0.1) is 18.7 Å². The number of ether oxygens (including phenoxy) is 1. The van der Waals surface area contributed by atoms with E-state index in [1.807, 2.05) is 6.92 Å². The molecule has 0 unspecified atom stereocenters. The number of carbonyl (C=O) groups is 2. The average molecular weight is 422 g/mol. The van der Waals surface area contributed by atoms with Gasteiger partial charge in [-0.25, -0.2) is 9.18 Å². The number of rotatable bonds is 8. The van der Waals surface area contributed by atoms with E-state index in [-0.39, 0.29) is 12.1 Å². The van der Waals surface area contributed by atoms with E-state index in [2.05, 4.69) is 5.32 Å². The highest BCUT2D eigenvalue weighted by atomic mass is 19.1. The van der Waals surface area contributed by atoms with Crippen LogP contribution in [0, 0.1) is 5.82 Å². The van der Waals surface area contributed by atoms with Crippen LogP contribution in [-0.4, -0.2) is 23.1 Å². The number of esters is 1. The van der Waals surface area contributed by atoms with Crippen molar-refractivity contribution >= 4 is 17.6 Å². The molecule has 0 saturated heterocycles. The Hall–Kier alpha value is -3.74. The standard InChI is InChI=1S/C24H23FN2O4/c1-2-3-15-31-24(30)17-10-12-19(13-11-17)26-22(28)20-8-6-14-27(23(20)29)16-18-7-4-5-9-21(18)25/h4-14H,2-3,15-16H2,1H3,(H,26,28). The Kier molecular flexibility index (Phi) is 7.32. The third kappa shape index (κ3) is 5.66. The van der Waals surface area contributed by atoms with Crippen LogP contribution >= 0.6 is 0 Å². The molecule has 0 aliphatic rings. The molecule has 0 aliphatic carbocycles. The zero-order valence-electron chi connectivity index (χ0n) is 17.1. The number of pyridine rings is 1. The summed E-state index contributed by atoms with van der Waals surface area (Å²) >= 11 is 0. The zero-order valence-corrected chi connectivity index (χ0v) is 17.1. The monoisotopic (exact) mass is 422 g/mol. The summed E-state index contributed by atoms with van der Waals surface area (Å²) in [5.41, 5.74) is 0.560. The number of amides is 1. The Balaban J connectivity index is 1.70. The SMILES string of the molecule is CCCCOC(=O)c1ccc(NC(=O)c2cccn(Cc3ccccc3F)c2=O)cc1. The molecule has 0 radical (unpaired) electrons. The number of carbonyl (C=O) groups excluding carboxylic acids is 2. The van der Waals surface area contributed by atoms with Crippen LogP contribution in [0.2, 0.25) is 0 Å². The molecule has 0 fully saturated rings. The molecule has 0 aliphatic heterocycles. The Morgan fingerprint density at radius 2 is 1.77 bits per heavy atom. The third-order valence-electron chi connectivity index (χ3n) is 4.67. The van der Waals surface area contributed by atoms with E-state index >= 15 is 0 Å². The number of halogens is 1. The molecule has 1 N–H and O–H groups in total. The van der Waals surface area contributed by atoms with Crippen molar-refractivity contribution in [3.8, 4) is 0 Å². The lowest BCUT2D eigenvalue weighted by Crippen LogP contribution is -2.29. The van der Waals surface area contributed by atoms with Crippen LogP contribution in [0.1, 0.15) is 46.0 Å². The van der Waals surface area contributed by atoms with Crippen LogP contribution in [0.25, 0.3) is 0 Å². The number of hydrogen-bond donors (Lipinski definition) is 1. The maximum absolute atomic E-state index is 13.9. The molecule has 7 heteroatoms. The quantitative estimate of drug-likeness (QED) is 0.435. The maximum Gasteiger partial charge on any atom is 0.338 e. The molecule has 3 rings (SSSR count). The van der Waals surface area contributed by atoms with E-state index < -0.39 is 23.3 Å². The van der Waals surface area contributed by atoms with Gasteiger partial charge in [0.25, 0.3) is 11.5 Å². The molecule has 160 valence electrons. The van der Waals surface area contributed by atoms with Crippen molar-refractivity contribution < 1.29 is 18.7 Å². The Labute approximate surface area is 179 Å². The number of aromatic nitrogens is 1. The predicted molar refractivity (Wildman–Crippen MR) is 116 cm³/mol. The van der Waals surface area contributed by atoms with E-state index in [9.17, 15) is 18.8 Å². The van der Waals surface area contributed by atoms with Crippen LogP contribution in [-0.2, 0) is 11.3 Å². The summed E-state index contributed by atoms with van der Waals surface area (Å²) in [7, 11) is 0. The number of nitrogens with one attached hydrogen (secondary N) is 1.